The van der Waals surface area contributed by atoms with E-state index in [4.69, 9.17) is 0 Å². The Hall–Kier alpha value is -3.04. The normalized spacial score (nSPS) is 11.7. The minimum atomic E-state index is -3.66. The molecule has 0 saturated heterocycles. The average Bonchev–Trinajstić information content (AvgIpc) is 3.09. The fraction of sp³-hybridized carbons (Fsp3) is 0.250. The summed E-state index contributed by atoms with van der Waals surface area (Å²) in [5.74, 6) is 0.282. The Balaban J connectivity index is 1.95. The summed E-state index contributed by atoms with van der Waals surface area (Å²) in [6, 6.07) is 10.3. The number of sulfonamides is 1. The Morgan fingerprint density at radius 2 is 1.86 bits per heavy atom. The SMILES string of the molecule is Cc1cc(C(=O)Nc2cccc(-c3nncn3C)c2)cc(S(=O)(=O)N(C)C)c1C. The molecule has 0 radical (unpaired) electrons. The maximum absolute atomic E-state index is 12.8. The maximum atomic E-state index is 12.8. The molecule has 29 heavy (non-hydrogen) atoms. The molecule has 0 saturated carbocycles. The van der Waals surface area contributed by atoms with Crippen LogP contribution in [0.2, 0.25) is 0 Å². The molecule has 0 bridgehead atoms. The molecule has 0 spiro atoms. The molecule has 9 heteroatoms. The van der Waals surface area contributed by atoms with Crippen molar-refractivity contribution in [3.63, 3.8) is 0 Å². The van der Waals surface area contributed by atoms with Crippen molar-refractivity contribution in [3.05, 3.63) is 59.4 Å². The Labute approximate surface area is 170 Å². The number of nitrogens with one attached hydrogen (secondary N) is 1. The van der Waals surface area contributed by atoms with Gasteiger partial charge in [-0.2, -0.15) is 0 Å². The summed E-state index contributed by atoms with van der Waals surface area (Å²) in [5.41, 5.74) is 3.01. The molecule has 2 aromatic carbocycles. The zero-order valence-corrected chi connectivity index (χ0v) is 17.8. The minimum Gasteiger partial charge on any atom is -0.322 e. The predicted octanol–water partition coefficient (Wildman–Crippen LogP) is 2.60. The number of carbonyl (C=O) groups is 1. The van der Waals surface area contributed by atoms with Crippen LogP contribution in [-0.4, -0.2) is 47.5 Å². The van der Waals surface area contributed by atoms with Gasteiger partial charge in [0.1, 0.15) is 6.33 Å². The number of carbonyl (C=O) groups excluding carboxylic acids is 1. The van der Waals surface area contributed by atoms with Gasteiger partial charge in [-0.15, -0.1) is 10.2 Å². The standard InChI is InChI=1S/C20H23N5O3S/c1-13-9-16(11-18(14(13)2)29(27,28)24(3)4)20(26)22-17-8-6-7-15(10-17)19-23-21-12-25(19)5/h6-12H,1-5H3,(H,22,26). The van der Waals surface area contributed by atoms with Crippen LogP contribution in [0.5, 0.6) is 0 Å². The molecule has 0 aliphatic carbocycles. The number of anilines is 1. The van der Waals surface area contributed by atoms with E-state index in [1.807, 2.05) is 19.2 Å². The molecule has 0 aliphatic heterocycles. The van der Waals surface area contributed by atoms with E-state index < -0.39 is 15.9 Å². The molecule has 1 heterocycles. The van der Waals surface area contributed by atoms with Crippen LogP contribution in [0.4, 0.5) is 5.69 Å². The molecule has 1 amide bonds. The molecule has 0 aliphatic rings. The largest absolute Gasteiger partial charge is 0.322 e. The lowest BCUT2D eigenvalue weighted by Gasteiger charge is -2.16. The summed E-state index contributed by atoms with van der Waals surface area (Å²) in [6.07, 6.45) is 1.60. The highest BCUT2D eigenvalue weighted by Gasteiger charge is 2.23. The number of aromatic nitrogens is 3. The second kappa shape index (κ2) is 7.76. The van der Waals surface area contributed by atoms with Gasteiger partial charge in [0.15, 0.2) is 5.82 Å². The van der Waals surface area contributed by atoms with E-state index in [1.165, 1.54) is 20.2 Å². The van der Waals surface area contributed by atoms with E-state index in [1.54, 1.807) is 42.9 Å². The van der Waals surface area contributed by atoms with Crippen LogP contribution >= 0.6 is 0 Å². The molecule has 0 unspecified atom stereocenters. The van der Waals surface area contributed by atoms with Gasteiger partial charge < -0.3 is 9.88 Å². The van der Waals surface area contributed by atoms with Crippen LogP contribution in [0.25, 0.3) is 11.4 Å². The third-order valence-corrected chi connectivity index (χ3v) is 6.67. The molecule has 3 rings (SSSR count). The quantitative estimate of drug-likeness (QED) is 0.693. The first-order valence-corrected chi connectivity index (χ1v) is 10.3. The number of aryl methyl sites for hydroxylation is 2. The first-order chi connectivity index (χ1) is 13.6. The molecule has 1 N–H and O–H groups in total. The monoisotopic (exact) mass is 413 g/mol. The predicted molar refractivity (Wildman–Crippen MR) is 111 cm³/mol. The first-order valence-electron chi connectivity index (χ1n) is 8.91. The Morgan fingerprint density at radius 3 is 2.48 bits per heavy atom. The summed E-state index contributed by atoms with van der Waals surface area (Å²) in [6.45, 7) is 3.52. The number of hydrogen-bond acceptors (Lipinski definition) is 5. The van der Waals surface area contributed by atoms with Gasteiger partial charge in [-0.05, 0) is 49.2 Å². The van der Waals surface area contributed by atoms with Gasteiger partial charge in [-0.1, -0.05) is 12.1 Å². The van der Waals surface area contributed by atoms with Gasteiger partial charge in [0.05, 0.1) is 4.90 Å². The van der Waals surface area contributed by atoms with Crippen LogP contribution in [-0.2, 0) is 17.1 Å². The zero-order chi connectivity index (χ0) is 21.3. The molecular formula is C20H23N5O3S. The molecule has 0 atom stereocenters. The fourth-order valence-corrected chi connectivity index (χ4v) is 4.12. The van der Waals surface area contributed by atoms with Crippen LogP contribution < -0.4 is 5.32 Å². The third kappa shape index (κ3) is 4.06. The third-order valence-electron chi connectivity index (χ3n) is 4.73. The van der Waals surface area contributed by atoms with Gasteiger partial charge >= 0.3 is 0 Å². The van der Waals surface area contributed by atoms with E-state index in [0.717, 1.165) is 15.4 Å². The number of rotatable bonds is 5. The highest BCUT2D eigenvalue weighted by Crippen LogP contribution is 2.25. The summed E-state index contributed by atoms with van der Waals surface area (Å²) in [7, 11) is 1.11. The van der Waals surface area contributed by atoms with Gasteiger partial charge in [0.25, 0.3) is 5.91 Å². The van der Waals surface area contributed by atoms with E-state index in [-0.39, 0.29) is 10.5 Å². The fourth-order valence-electron chi connectivity index (χ4n) is 2.91. The van der Waals surface area contributed by atoms with Gasteiger partial charge in [0.2, 0.25) is 10.0 Å². The lowest BCUT2D eigenvalue weighted by molar-refractivity contribution is 0.102. The highest BCUT2D eigenvalue weighted by atomic mass is 32.2. The summed E-state index contributed by atoms with van der Waals surface area (Å²) in [4.78, 5) is 13.0. The number of amides is 1. The van der Waals surface area contributed by atoms with Crippen molar-refractivity contribution >= 4 is 21.6 Å². The van der Waals surface area contributed by atoms with Crippen LogP contribution in [0.3, 0.4) is 0 Å². The van der Waals surface area contributed by atoms with E-state index in [2.05, 4.69) is 15.5 Å². The van der Waals surface area contributed by atoms with Crippen molar-refractivity contribution in [2.75, 3.05) is 19.4 Å². The second-order valence-corrected chi connectivity index (χ2v) is 9.12. The smallest absolute Gasteiger partial charge is 0.255 e. The van der Waals surface area contributed by atoms with Crippen molar-refractivity contribution < 1.29 is 13.2 Å². The zero-order valence-electron chi connectivity index (χ0n) is 17.0. The Morgan fingerprint density at radius 1 is 1.14 bits per heavy atom. The molecule has 8 nitrogen and oxygen atoms in total. The minimum absolute atomic E-state index is 0.125. The van der Waals surface area contributed by atoms with Gasteiger partial charge in [-0.25, -0.2) is 12.7 Å². The highest BCUT2D eigenvalue weighted by molar-refractivity contribution is 7.89. The Bertz CT molecular complexity index is 1180. The van der Waals surface area contributed by atoms with Crippen molar-refractivity contribution in [2.45, 2.75) is 18.7 Å². The topological polar surface area (TPSA) is 97.2 Å². The van der Waals surface area contributed by atoms with Crippen LogP contribution in [0.15, 0.2) is 47.6 Å². The lowest BCUT2D eigenvalue weighted by atomic mass is 10.1. The van der Waals surface area contributed by atoms with Crippen molar-refractivity contribution in [3.8, 4) is 11.4 Å². The summed E-state index contributed by atoms with van der Waals surface area (Å²) in [5, 5.41) is 10.8. The maximum Gasteiger partial charge on any atom is 0.255 e. The number of benzene rings is 2. The summed E-state index contributed by atoms with van der Waals surface area (Å²) < 4.78 is 28.2. The molecule has 1 aromatic heterocycles. The van der Waals surface area contributed by atoms with E-state index >= 15 is 0 Å². The molecular weight excluding hydrogens is 390 g/mol. The average molecular weight is 414 g/mol. The van der Waals surface area contributed by atoms with Crippen LogP contribution in [0.1, 0.15) is 21.5 Å². The van der Waals surface area contributed by atoms with E-state index in [0.29, 0.717) is 17.1 Å². The molecule has 3 aromatic rings. The Kier molecular flexibility index (Phi) is 5.54. The summed E-state index contributed by atoms with van der Waals surface area (Å²) >= 11 is 0. The van der Waals surface area contributed by atoms with Crippen LogP contribution in [0, 0.1) is 13.8 Å². The molecule has 0 fully saturated rings. The van der Waals surface area contributed by atoms with Crippen molar-refractivity contribution in [2.24, 2.45) is 7.05 Å². The molecule has 152 valence electrons. The van der Waals surface area contributed by atoms with Gasteiger partial charge in [0, 0.05) is 38.0 Å². The number of hydrogen-bond donors (Lipinski definition) is 1. The lowest BCUT2D eigenvalue weighted by Crippen LogP contribution is -2.24. The van der Waals surface area contributed by atoms with Crippen molar-refractivity contribution in [1.82, 2.24) is 19.1 Å². The van der Waals surface area contributed by atoms with Gasteiger partial charge in [-0.3, -0.25) is 4.79 Å². The van der Waals surface area contributed by atoms with E-state index in [9.17, 15) is 13.2 Å². The van der Waals surface area contributed by atoms with Crippen molar-refractivity contribution in [1.29, 1.82) is 0 Å². The number of nitrogens with zero attached hydrogens (tertiary/aromatic N) is 4. The second-order valence-electron chi connectivity index (χ2n) is 7.00. The first kappa shape index (κ1) is 20.7.